The Morgan fingerprint density at radius 3 is 2.10 bits per heavy atom. The van der Waals surface area contributed by atoms with Crippen molar-refractivity contribution in [3.63, 3.8) is 0 Å². The van der Waals surface area contributed by atoms with Crippen molar-refractivity contribution in [1.29, 1.82) is 0 Å². The van der Waals surface area contributed by atoms with Gasteiger partial charge in [-0.15, -0.1) is 0 Å². The number of nitrogens with one attached hydrogen (secondary N) is 2. The minimum absolute atomic E-state index is 0.00859. The van der Waals surface area contributed by atoms with E-state index in [1.807, 2.05) is 6.92 Å². The van der Waals surface area contributed by atoms with Gasteiger partial charge in [-0.2, -0.15) is 0 Å². The van der Waals surface area contributed by atoms with E-state index in [2.05, 4.69) is 10.0 Å². The highest BCUT2D eigenvalue weighted by atomic mass is 32.2. The van der Waals surface area contributed by atoms with E-state index in [1.165, 1.54) is 36.4 Å². The number of carbonyl (C=O) groups is 1. The lowest BCUT2D eigenvalue weighted by atomic mass is 10.2. The zero-order valence-electron chi connectivity index (χ0n) is 16.7. The van der Waals surface area contributed by atoms with Crippen LogP contribution in [0, 0.1) is 0 Å². The van der Waals surface area contributed by atoms with Crippen molar-refractivity contribution >= 4 is 26.0 Å². The molecule has 11 heteroatoms. The van der Waals surface area contributed by atoms with Gasteiger partial charge in [0.2, 0.25) is 20.0 Å². The maximum absolute atomic E-state index is 12.2. The van der Waals surface area contributed by atoms with Crippen LogP contribution in [-0.2, 0) is 31.4 Å². The Morgan fingerprint density at radius 1 is 1.00 bits per heavy atom. The second-order valence-corrected chi connectivity index (χ2v) is 9.93. The Bertz CT molecular complexity index is 1070. The number of benzene rings is 2. The van der Waals surface area contributed by atoms with Crippen molar-refractivity contribution in [3.05, 3.63) is 54.1 Å². The first-order valence-electron chi connectivity index (χ1n) is 9.15. The molecule has 0 aliphatic carbocycles. The molecular weight excluding hydrogens is 430 g/mol. The van der Waals surface area contributed by atoms with Gasteiger partial charge in [0.1, 0.15) is 5.75 Å². The molecule has 0 aliphatic rings. The Labute approximate surface area is 176 Å². The number of carbonyl (C=O) groups excluding carboxylic acids is 1. The molecule has 2 rings (SSSR count). The fourth-order valence-electron chi connectivity index (χ4n) is 2.33. The van der Waals surface area contributed by atoms with E-state index in [9.17, 15) is 21.6 Å². The first-order chi connectivity index (χ1) is 14.0. The van der Waals surface area contributed by atoms with E-state index >= 15 is 0 Å². The largest absolute Gasteiger partial charge is 0.484 e. The topological polar surface area (TPSA) is 145 Å². The molecule has 0 spiro atoms. The van der Waals surface area contributed by atoms with Gasteiger partial charge in [-0.1, -0.05) is 19.1 Å². The fourth-order valence-corrected chi connectivity index (χ4v) is 4.17. The summed E-state index contributed by atoms with van der Waals surface area (Å²) in [5.41, 5.74) is 0.694. The van der Waals surface area contributed by atoms with E-state index in [0.717, 1.165) is 0 Å². The number of amides is 1. The third kappa shape index (κ3) is 7.10. The standard InChI is InChI=1S/C19H25N3O6S2/c1-3-14(2)22-30(26,27)18-10-6-16(7-11-18)28-13-19(23)21-12-15-4-8-17(9-5-15)29(20,24)25/h4-11,14,22H,3,12-13H2,1-2H3,(H,21,23)(H2,20,24,25)/t14-/m0/s1. The van der Waals surface area contributed by atoms with Gasteiger partial charge in [0.05, 0.1) is 9.79 Å². The molecule has 0 fully saturated rings. The van der Waals surface area contributed by atoms with Gasteiger partial charge >= 0.3 is 0 Å². The molecule has 4 N–H and O–H groups in total. The molecule has 30 heavy (non-hydrogen) atoms. The summed E-state index contributed by atoms with van der Waals surface area (Å²) in [4.78, 5) is 12.0. The van der Waals surface area contributed by atoms with Crippen molar-refractivity contribution in [3.8, 4) is 5.75 Å². The molecule has 0 unspecified atom stereocenters. The van der Waals surface area contributed by atoms with Crippen LogP contribution < -0.4 is 19.9 Å². The monoisotopic (exact) mass is 455 g/mol. The average molecular weight is 456 g/mol. The van der Waals surface area contributed by atoms with Gasteiger partial charge < -0.3 is 10.1 Å². The highest BCUT2D eigenvalue weighted by Crippen LogP contribution is 2.16. The summed E-state index contributed by atoms with van der Waals surface area (Å²) in [6.45, 7) is 3.59. The highest BCUT2D eigenvalue weighted by molar-refractivity contribution is 7.89. The third-order valence-corrected chi connectivity index (χ3v) is 6.75. The predicted octanol–water partition coefficient (Wildman–Crippen LogP) is 1.11. The number of rotatable bonds is 10. The molecular formula is C19H25N3O6S2. The second-order valence-electron chi connectivity index (χ2n) is 6.66. The maximum Gasteiger partial charge on any atom is 0.258 e. The summed E-state index contributed by atoms with van der Waals surface area (Å²) in [5.74, 6) is -0.0363. The van der Waals surface area contributed by atoms with Crippen LogP contribution in [0.1, 0.15) is 25.8 Å². The van der Waals surface area contributed by atoms with Crippen molar-refractivity contribution in [1.82, 2.24) is 10.0 Å². The Hall–Kier alpha value is -2.47. The molecule has 0 radical (unpaired) electrons. The molecule has 164 valence electrons. The summed E-state index contributed by atoms with van der Waals surface area (Å²) >= 11 is 0. The number of ether oxygens (including phenoxy) is 1. The van der Waals surface area contributed by atoms with E-state index in [1.54, 1.807) is 19.1 Å². The van der Waals surface area contributed by atoms with Gasteiger partial charge in [-0.25, -0.2) is 26.7 Å². The van der Waals surface area contributed by atoms with Crippen LogP contribution in [0.3, 0.4) is 0 Å². The van der Waals surface area contributed by atoms with Crippen molar-refractivity contribution < 1.29 is 26.4 Å². The van der Waals surface area contributed by atoms with Crippen LogP contribution in [-0.4, -0.2) is 35.4 Å². The fraction of sp³-hybridized carbons (Fsp3) is 0.316. The lowest BCUT2D eigenvalue weighted by Crippen LogP contribution is -2.32. The number of hydrogen-bond donors (Lipinski definition) is 3. The predicted molar refractivity (Wildman–Crippen MR) is 112 cm³/mol. The molecule has 0 saturated carbocycles. The van der Waals surface area contributed by atoms with E-state index < -0.39 is 20.0 Å². The minimum atomic E-state index is -3.76. The van der Waals surface area contributed by atoms with Crippen molar-refractivity contribution in [2.75, 3.05) is 6.61 Å². The van der Waals surface area contributed by atoms with E-state index in [-0.39, 0.29) is 34.9 Å². The highest BCUT2D eigenvalue weighted by Gasteiger charge is 2.16. The molecule has 1 atom stereocenters. The second kappa shape index (κ2) is 10.0. The summed E-state index contributed by atoms with van der Waals surface area (Å²) in [6.07, 6.45) is 0.672. The maximum atomic E-state index is 12.2. The molecule has 1 amide bonds. The molecule has 0 aromatic heterocycles. The zero-order valence-corrected chi connectivity index (χ0v) is 18.3. The van der Waals surface area contributed by atoms with Crippen LogP contribution >= 0.6 is 0 Å². The SMILES string of the molecule is CC[C@H](C)NS(=O)(=O)c1ccc(OCC(=O)NCc2ccc(S(N)(=O)=O)cc2)cc1. The minimum Gasteiger partial charge on any atom is -0.484 e. The number of sulfonamides is 2. The van der Waals surface area contributed by atoms with Crippen LogP contribution in [0.25, 0.3) is 0 Å². The Morgan fingerprint density at radius 2 is 1.57 bits per heavy atom. The lowest BCUT2D eigenvalue weighted by molar-refractivity contribution is -0.123. The van der Waals surface area contributed by atoms with Gasteiger partial charge in [-0.05, 0) is 55.3 Å². The number of primary sulfonamides is 1. The first-order valence-corrected chi connectivity index (χ1v) is 12.2. The summed E-state index contributed by atoms with van der Waals surface area (Å²) in [7, 11) is -7.36. The summed E-state index contributed by atoms with van der Waals surface area (Å²) in [5, 5.41) is 7.67. The molecule has 2 aromatic rings. The van der Waals surface area contributed by atoms with Gasteiger partial charge in [0.25, 0.3) is 5.91 Å². The van der Waals surface area contributed by atoms with Gasteiger partial charge in [-0.3, -0.25) is 4.79 Å². The summed E-state index contributed by atoms with van der Waals surface area (Å²) < 4.78 is 54.8. The molecule has 0 bridgehead atoms. The molecule has 0 heterocycles. The van der Waals surface area contributed by atoms with Crippen molar-refractivity contribution in [2.45, 2.75) is 42.6 Å². The van der Waals surface area contributed by atoms with Crippen molar-refractivity contribution in [2.24, 2.45) is 5.14 Å². The number of nitrogens with two attached hydrogens (primary N) is 1. The normalized spacial score (nSPS) is 12.9. The number of hydrogen-bond acceptors (Lipinski definition) is 6. The molecule has 0 saturated heterocycles. The third-order valence-electron chi connectivity index (χ3n) is 4.21. The Kier molecular flexibility index (Phi) is 7.96. The van der Waals surface area contributed by atoms with Crippen LogP contribution in [0.5, 0.6) is 5.75 Å². The Balaban J connectivity index is 1.85. The quantitative estimate of drug-likeness (QED) is 0.489. The van der Waals surface area contributed by atoms with Crippen LogP contribution in [0.2, 0.25) is 0 Å². The molecule has 0 aliphatic heterocycles. The van der Waals surface area contributed by atoms with Gasteiger partial charge in [0, 0.05) is 12.6 Å². The lowest BCUT2D eigenvalue weighted by Gasteiger charge is -2.12. The van der Waals surface area contributed by atoms with E-state index in [0.29, 0.717) is 17.7 Å². The van der Waals surface area contributed by atoms with Gasteiger partial charge in [0.15, 0.2) is 6.61 Å². The smallest absolute Gasteiger partial charge is 0.258 e. The zero-order chi connectivity index (χ0) is 22.4. The first kappa shape index (κ1) is 23.8. The van der Waals surface area contributed by atoms with Crippen LogP contribution in [0.4, 0.5) is 0 Å². The summed E-state index contributed by atoms with van der Waals surface area (Å²) in [6, 6.07) is 11.4. The molecule has 9 nitrogen and oxygen atoms in total. The molecule has 2 aromatic carbocycles. The van der Waals surface area contributed by atoms with E-state index in [4.69, 9.17) is 9.88 Å². The average Bonchev–Trinajstić information content (AvgIpc) is 2.70. The van der Waals surface area contributed by atoms with Crippen LogP contribution in [0.15, 0.2) is 58.3 Å².